The van der Waals surface area contributed by atoms with Crippen molar-refractivity contribution in [1.29, 1.82) is 0 Å². The molecule has 98 valence electrons. The van der Waals surface area contributed by atoms with E-state index in [0.717, 1.165) is 0 Å². The maximum atomic E-state index is 12.2. The van der Waals surface area contributed by atoms with Gasteiger partial charge in [0.2, 0.25) is 0 Å². The Kier molecular flexibility index (Phi) is 3.71. The Bertz CT molecular complexity index is 665. The number of carbonyl (C=O) groups excluding carboxylic acids is 1. The van der Waals surface area contributed by atoms with Crippen LogP contribution in [0.25, 0.3) is 0 Å². The number of anilines is 1. The summed E-state index contributed by atoms with van der Waals surface area (Å²) >= 11 is 5.85. The summed E-state index contributed by atoms with van der Waals surface area (Å²) in [6.45, 7) is 3.28. The maximum absolute atomic E-state index is 12.2. The van der Waals surface area contributed by atoms with Crippen molar-refractivity contribution in [1.82, 2.24) is 0 Å². The van der Waals surface area contributed by atoms with Crippen molar-refractivity contribution in [3.05, 3.63) is 62.7 Å². The lowest BCUT2D eigenvalue weighted by Crippen LogP contribution is -2.17. The Morgan fingerprint density at radius 1 is 1.26 bits per heavy atom. The van der Waals surface area contributed by atoms with Crippen LogP contribution in [0.3, 0.4) is 0 Å². The molecule has 1 heterocycles. The van der Waals surface area contributed by atoms with Gasteiger partial charge in [0.15, 0.2) is 0 Å². The van der Waals surface area contributed by atoms with E-state index >= 15 is 0 Å². The fraction of sp³-hybridized carbons (Fsp3) is 0.143. The normalized spacial score (nSPS) is 10.3. The molecule has 4 nitrogen and oxygen atoms in total. The molecule has 0 aliphatic heterocycles. The highest BCUT2D eigenvalue weighted by atomic mass is 35.5. The lowest BCUT2D eigenvalue weighted by molar-refractivity contribution is 0.102. The molecule has 0 saturated heterocycles. The summed E-state index contributed by atoms with van der Waals surface area (Å²) in [5.41, 5.74) is 1.06. The van der Waals surface area contributed by atoms with Crippen LogP contribution >= 0.6 is 11.6 Å². The molecular weight excluding hydrogens is 266 g/mol. The smallest absolute Gasteiger partial charge is 0.336 e. The van der Waals surface area contributed by atoms with E-state index in [4.69, 9.17) is 16.0 Å². The predicted octanol–water partition coefficient (Wildman–Crippen LogP) is 3.16. The van der Waals surface area contributed by atoms with E-state index in [9.17, 15) is 9.59 Å². The quantitative estimate of drug-likeness (QED) is 0.917. The van der Waals surface area contributed by atoms with E-state index in [1.807, 2.05) is 0 Å². The first-order valence-electron chi connectivity index (χ1n) is 5.65. The van der Waals surface area contributed by atoms with E-state index in [1.54, 1.807) is 38.1 Å². The third-order valence-electron chi connectivity index (χ3n) is 2.64. The second kappa shape index (κ2) is 5.28. The molecule has 5 heteroatoms. The third kappa shape index (κ3) is 3.03. The van der Waals surface area contributed by atoms with Crippen LogP contribution in [-0.4, -0.2) is 5.91 Å². The SMILES string of the molecule is Cc1cc(=O)oc(C)c1C(=O)Nc1cccc(Cl)c1. The molecule has 0 unspecified atom stereocenters. The molecule has 1 amide bonds. The van der Waals surface area contributed by atoms with Crippen molar-refractivity contribution in [3.63, 3.8) is 0 Å². The van der Waals surface area contributed by atoms with Crippen molar-refractivity contribution in [2.75, 3.05) is 5.32 Å². The molecule has 19 heavy (non-hydrogen) atoms. The summed E-state index contributed by atoms with van der Waals surface area (Å²) < 4.78 is 4.93. The molecule has 1 aromatic carbocycles. The molecule has 0 spiro atoms. The van der Waals surface area contributed by atoms with Gasteiger partial charge in [0.05, 0.1) is 5.56 Å². The number of amides is 1. The van der Waals surface area contributed by atoms with E-state index in [0.29, 0.717) is 27.6 Å². The molecule has 0 aliphatic rings. The van der Waals surface area contributed by atoms with Gasteiger partial charge in [-0.15, -0.1) is 0 Å². The van der Waals surface area contributed by atoms with Gasteiger partial charge in [0.25, 0.3) is 5.91 Å². The van der Waals surface area contributed by atoms with Gasteiger partial charge in [-0.1, -0.05) is 17.7 Å². The Labute approximate surface area is 115 Å². The van der Waals surface area contributed by atoms with Crippen LogP contribution in [0.4, 0.5) is 5.69 Å². The molecule has 0 atom stereocenters. The van der Waals surface area contributed by atoms with Crippen molar-refractivity contribution < 1.29 is 9.21 Å². The number of aryl methyl sites for hydroxylation is 2. The summed E-state index contributed by atoms with van der Waals surface area (Å²) in [6, 6.07) is 8.12. The van der Waals surface area contributed by atoms with Gasteiger partial charge in [-0.05, 0) is 37.6 Å². The van der Waals surface area contributed by atoms with E-state index in [1.165, 1.54) is 6.07 Å². The zero-order valence-corrected chi connectivity index (χ0v) is 11.2. The Hall–Kier alpha value is -2.07. The first-order valence-corrected chi connectivity index (χ1v) is 6.03. The molecular formula is C14H12ClNO3. The lowest BCUT2D eigenvalue weighted by Gasteiger charge is -2.09. The van der Waals surface area contributed by atoms with Crippen molar-refractivity contribution in [2.45, 2.75) is 13.8 Å². The average molecular weight is 278 g/mol. The van der Waals surface area contributed by atoms with Crippen molar-refractivity contribution in [3.8, 4) is 0 Å². The highest BCUT2D eigenvalue weighted by Crippen LogP contribution is 2.17. The van der Waals surface area contributed by atoms with Gasteiger partial charge in [0.1, 0.15) is 5.76 Å². The maximum Gasteiger partial charge on any atom is 0.336 e. The summed E-state index contributed by atoms with van der Waals surface area (Å²) in [4.78, 5) is 23.3. The summed E-state index contributed by atoms with van der Waals surface area (Å²) in [7, 11) is 0. The van der Waals surface area contributed by atoms with Gasteiger partial charge in [-0.25, -0.2) is 4.79 Å². The molecule has 2 aromatic rings. The first-order chi connectivity index (χ1) is 8.97. The standard InChI is InChI=1S/C14H12ClNO3/c1-8-6-12(17)19-9(2)13(8)14(18)16-11-5-3-4-10(15)7-11/h3-7H,1-2H3,(H,16,18). The van der Waals surface area contributed by atoms with Crippen LogP contribution in [0.2, 0.25) is 5.02 Å². The van der Waals surface area contributed by atoms with Gasteiger partial charge in [-0.3, -0.25) is 4.79 Å². The molecule has 0 bridgehead atoms. The van der Waals surface area contributed by atoms with Crippen LogP contribution in [0.5, 0.6) is 0 Å². The third-order valence-corrected chi connectivity index (χ3v) is 2.88. The van der Waals surface area contributed by atoms with Crippen LogP contribution in [0.1, 0.15) is 21.7 Å². The molecule has 0 radical (unpaired) electrons. The number of hydrogen-bond donors (Lipinski definition) is 1. The number of halogens is 1. The first kappa shape index (κ1) is 13.4. The second-order valence-corrected chi connectivity index (χ2v) is 4.58. The molecule has 1 N–H and O–H groups in total. The van der Waals surface area contributed by atoms with Crippen LogP contribution in [0, 0.1) is 13.8 Å². The minimum Gasteiger partial charge on any atom is -0.427 e. The van der Waals surface area contributed by atoms with Crippen LogP contribution in [-0.2, 0) is 0 Å². The number of nitrogens with one attached hydrogen (secondary N) is 1. The number of rotatable bonds is 2. The minimum atomic E-state index is -0.464. The molecule has 1 aromatic heterocycles. The van der Waals surface area contributed by atoms with E-state index in [-0.39, 0.29) is 5.91 Å². The topological polar surface area (TPSA) is 59.3 Å². The van der Waals surface area contributed by atoms with Gasteiger partial charge >= 0.3 is 5.63 Å². The van der Waals surface area contributed by atoms with E-state index < -0.39 is 5.63 Å². The molecule has 0 fully saturated rings. The van der Waals surface area contributed by atoms with Crippen LogP contribution in [0.15, 0.2) is 39.5 Å². The highest BCUT2D eigenvalue weighted by Gasteiger charge is 2.15. The second-order valence-electron chi connectivity index (χ2n) is 4.14. The molecule has 2 rings (SSSR count). The lowest BCUT2D eigenvalue weighted by atomic mass is 10.1. The van der Waals surface area contributed by atoms with Crippen molar-refractivity contribution >= 4 is 23.2 Å². The van der Waals surface area contributed by atoms with E-state index in [2.05, 4.69) is 5.32 Å². The Balaban J connectivity index is 2.33. The number of hydrogen-bond acceptors (Lipinski definition) is 3. The zero-order valence-electron chi connectivity index (χ0n) is 10.5. The van der Waals surface area contributed by atoms with Crippen molar-refractivity contribution in [2.24, 2.45) is 0 Å². The van der Waals surface area contributed by atoms with Gasteiger partial charge < -0.3 is 9.73 Å². The monoisotopic (exact) mass is 277 g/mol. The molecule has 0 saturated carbocycles. The van der Waals surface area contributed by atoms with Gasteiger partial charge in [-0.2, -0.15) is 0 Å². The summed E-state index contributed by atoms with van der Waals surface area (Å²) in [6.07, 6.45) is 0. The molecule has 0 aliphatic carbocycles. The zero-order chi connectivity index (χ0) is 14.0. The fourth-order valence-electron chi connectivity index (χ4n) is 1.86. The number of carbonyl (C=O) groups is 1. The Morgan fingerprint density at radius 3 is 2.63 bits per heavy atom. The van der Waals surface area contributed by atoms with Crippen LogP contribution < -0.4 is 10.9 Å². The Morgan fingerprint density at radius 2 is 2.00 bits per heavy atom. The largest absolute Gasteiger partial charge is 0.427 e. The predicted molar refractivity (Wildman–Crippen MR) is 73.9 cm³/mol. The minimum absolute atomic E-state index is 0.296. The fourth-order valence-corrected chi connectivity index (χ4v) is 2.05. The highest BCUT2D eigenvalue weighted by molar-refractivity contribution is 6.31. The average Bonchev–Trinajstić information content (AvgIpc) is 2.27. The number of benzene rings is 1. The summed E-state index contributed by atoms with van der Waals surface area (Å²) in [5.74, 6) is -0.0365. The van der Waals surface area contributed by atoms with Gasteiger partial charge in [0, 0.05) is 16.8 Å². The summed E-state index contributed by atoms with van der Waals surface area (Å²) in [5, 5.41) is 3.25.